The largest absolute Gasteiger partial charge is 0.316 e. The number of sulfonamides is 1. The maximum atomic E-state index is 12.0. The van der Waals surface area contributed by atoms with Gasteiger partial charge in [0.25, 0.3) is 0 Å². The summed E-state index contributed by atoms with van der Waals surface area (Å²) in [6.45, 7) is 6.69. The molecule has 1 N–H and O–H groups in total. The third kappa shape index (κ3) is 4.23. The van der Waals surface area contributed by atoms with Crippen LogP contribution in [0.25, 0.3) is 0 Å². The number of hydrogen-bond donors (Lipinski definition) is 1. The van der Waals surface area contributed by atoms with Crippen LogP contribution >= 0.6 is 0 Å². The molecule has 0 aromatic heterocycles. The molecule has 94 valence electrons. The van der Waals surface area contributed by atoms with E-state index in [1.54, 1.807) is 4.31 Å². The molecule has 4 nitrogen and oxygen atoms in total. The quantitative estimate of drug-likeness (QED) is 0.561. The Balaban J connectivity index is 2.41. The fraction of sp³-hybridized carbons (Fsp3) is 0.818. The van der Waals surface area contributed by atoms with E-state index in [-0.39, 0.29) is 5.75 Å². The van der Waals surface area contributed by atoms with Crippen molar-refractivity contribution in [1.82, 2.24) is 9.62 Å². The first-order valence-electron chi connectivity index (χ1n) is 5.90. The van der Waals surface area contributed by atoms with Crippen molar-refractivity contribution in [3.05, 3.63) is 11.6 Å². The van der Waals surface area contributed by atoms with Crippen LogP contribution in [-0.4, -0.2) is 44.7 Å². The van der Waals surface area contributed by atoms with Gasteiger partial charge in [-0.05, 0) is 26.3 Å². The molecule has 0 amide bonds. The minimum atomic E-state index is -3.07. The summed E-state index contributed by atoms with van der Waals surface area (Å²) < 4.78 is 25.5. The molecule has 0 saturated heterocycles. The van der Waals surface area contributed by atoms with Crippen LogP contribution in [-0.2, 0) is 10.0 Å². The van der Waals surface area contributed by atoms with Gasteiger partial charge in [-0.15, -0.1) is 0 Å². The molecule has 0 fully saturated rings. The van der Waals surface area contributed by atoms with Gasteiger partial charge in [0.05, 0.1) is 5.75 Å². The number of hydrogen-bond acceptors (Lipinski definition) is 3. The smallest absolute Gasteiger partial charge is 0.215 e. The predicted molar refractivity (Wildman–Crippen MR) is 66.9 cm³/mol. The zero-order chi connectivity index (χ0) is 12.0. The second kappa shape index (κ2) is 6.37. The van der Waals surface area contributed by atoms with Gasteiger partial charge < -0.3 is 5.32 Å². The first-order chi connectivity index (χ1) is 7.56. The summed E-state index contributed by atoms with van der Waals surface area (Å²) in [6, 6.07) is 0. The second-order valence-electron chi connectivity index (χ2n) is 4.24. The van der Waals surface area contributed by atoms with E-state index in [1.807, 2.05) is 6.92 Å². The van der Waals surface area contributed by atoms with Gasteiger partial charge in [0, 0.05) is 19.6 Å². The first-order valence-corrected chi connectivity index (χ1v) is 7.51. The van der Waals surface area contributed by atoms with E-state index in [0.29, 0.717) is 19.6 Å². The minimum absolute atomic E-state index is 0.209. The number of rotatable bonds is 6. The van der Waals surface area contributed by atoms with Gasteiger partial charge in [0.2, 0.25) is 10.0 Å². The summed E-state index contributed by atoms with van der Waals surface area (Å²) in [6.07, 6.45) is 3.99. The van der Waals surface area contributed by atoms with E-state index < -0.39 is 10.0 Å². The highest BCUT2D eigenvalue weighted by molar-refractivity contribution is 7.89. The standard InChI is InChI=1S/C11H22N2O2S/c1-3-6-12-7-9-16(14,15)13-8-4-5-11(2)10-13/h5,12H,3-4,6-10H2,1-2H3. The molecule has 0 saturated carbocycles. The Morgan fingerprint density at radius 2 is 2.19 bits per heavy atom. The fourth-order valence-corrected chi connectivity index (χ4v) is 3.19. The molecule has 0 aromatic rings. The lowest BCUT2D eigenvalue weighted by molar-refractivity contribution is 0.427. The van der Waals surface area contributed by atoms with Crippen molar-refractivity contribution < 1.29 is 8.42 Å². The molecule has 1 aliphatic heterocycles. The van der Waals surface area contributed by atoms with E-state index >= 15 is 0 Å². The average molecular weight is 246 g/mol. The first kappa shape index (κ1) is 13.7. The predicted octanol–water partition coefficient (Wildman–Crippen LogP) is 0.968. The molecule has 1 heterocycles. The SMILES string of the molecule is CCCNCCS(=O)(=O)N1CCC=C(C)C1. The van der Waals surface area contributed by atoms with Gasteiger partial charge in [-0.3, -0.25) is 0 Å². The van der Waals surface area contributed by atoms with Crippen molar-refractivity contribution in [3.63, 3.8) is 0 Å². The zero-order valence-electron chi connectivity index (χ0n) is 10.2. The van der Waals surface area contributed by atoms with Crippen molar-refractivity contribution in [1.29, 1.82) is 0 Å². The molecular formula is C11H22N2O2S. The van der Waals surface area contributed by atoms with Crippen LogP contribution in [0.4, 0.5) is 0 Å². The van der Waals surface area contributed by atoms with Crippen LogP contribution in [0.3, 0.4) is 0 Å². The summed E-state index contributed by atoms with van der Waals surface area (Å²) in [4.78, 5) is 0. The lowest BCUT2D eigenvalue weighted by atomic mass is 10.2. The van der Waals surface area contributed by atoms with Gasteiger partial charge in [-0.2, -0.15) is 4.31 Å². The Bertz CT molecular complexity index is 336. The Hall–Kier alpha value is -0.390. The molecular weight excluding hydrogens is 224 g/mol. The van der Waals surface area contributed by atoms with Crippen molar-refractivity contribution in [2.24, 2.45) is 0 Å². The summed E-state index contributed by atoms with van der Waals surface area (Å²) in [5.74, 6) is 0.209. The Labute approximate surface area is 98.8 Å². The van der Waals surface area contributed by atoms with Crippen LogP contribution in [0, 0.1) is 0 Å². The average Bonchev–Trinajstić information content (AvgIpc) is 2.24. The van der Waals surface area contributed by atoms with Gasteiger partial charge in [-0.1, -0.05) is 18.6 Å². The van der Waals surface area contributed by atoms with E-state index in [4.69, 9.17) is 0 Å². The van der Waals surface area contributed by atoms with E-state index in [0.717, 1.165) is 25.0 Å². The van der Waals surface area contributed by atoms with Crippen molar-refractivity contribution >= 4 is 10.0 Å². The normalized spacial score (nSPS) is 18.5. The summed E-state index contributed by atoms with van der Waals surface area (Å²) in [7, 11) is -3.07. The van der Waals surface area contributed by atoms with Crippen molar-refractivity contribution in [3.8, 4) is 0 Å². The topological polar surface area (TPSA) is 49.4 Å². The van der Waals surface area contributed by atoms with E-state index in [2.05, 4.69) is 18.3 Å². The fourth-order valence-electron chi connectivity index (χ4n) is 1.75. The molecule has 0 atom stereocenters. The van der Waals surface area contributed by atoms with Gasteiger partial charge in [0.1, 0.15) is 0 Å². The highest BCUT2D eigenvalue weighted by atomic mass is 32.2. The third-order valence-electron chi connectivity index (χ3n) is 2.65. The monoisotopic (exact) mass is 246 g/mol. The van der Waals surface area contributed by atoms with E-state index in [1.165, 1.54) is 0 Å². The third-order valence-corrected chi connectivity index (χ3v) is 4.47. The maximum absolute atomic E-state index is 12.0. The van der Waals surface area contributed by atoms with Crippen LogP contribution in [0.15, 0.2) is 11.6 Å². The number of nitrogens with one attached hydrogen (secondary N) is 1. The lowest BCUT2D eigenvalue weighted by Crippen LogP contribution is -2.39. The summed E-state index contributed by atoms with van der Waals surface area (Å²) >= 11 is 0. The van der Waals surface area contributed by atoms with Crippen LogP contribution in [0.2, 0.25) is 0 Å². The molecule has 1 rings (SSSR count). The summed E-state index contributed by atoms with van der Waals surface area (Å²) in [5.41, 5.74) is 1.15. The van der Waals surface area contributed by atoms with Gasteiger partial charge >= 0.3 is 0 Å². The molecule has 0 aliphatic carbocycles. The maximum Gasteiger partial charge on any atom is 0.215 e. The molecule has 0 bridgehead atoms. The van der Waals surface area contributed by atoms with Gasteiger partial charge in [0.15, 0.2) is 0 Å². The molecule has 0 radical (unpaired) electrons. The molecule has 0 unspecified atom stereocenters. The molecule has 5 heteroatoms. The lowest BCUT2D eigenvalue weighted by Gasteiger charge is -2.25. The summed E-state index contributed by atoms with van der Waals surface area (Å²) in [5, 5.41) is 3.12. The minimum Gasteiger partial charge on any atom is -0.316 e. The highest BCUT2D eigenvalue weighted by Gasteiger charge is 2.22. The van der Waals surface area contributed by atoms with Crippen LogP contribution in [0.5, 0.6) is 0 Å². The van der Waals surface area contributed by atoms with Crippen LogP contribution in [0.1, 0.15) is 26.7 Å². The van der Waals surface area contributed by atoms with Crippen molar-refractivity contribution in [2.75, 3.05) is 31.9 Å². The Morgan fingerprint density at radius 3 is 2.81 bits per heavy atom. The molecule has 0 spiro atoms. The zero-order valence-corrected chi connectivity index (χ0v) is 11.0. The Morgan fingerprint density at radius 1 is 1.44 bits per heavy atom. The van der Waals surface area contributed by atoms with E-state index in [9.17, 15) is 8.42 Å². The van der Waals surface area contributed by atoms with Gasteiger partial charge in [-0.25, -0.2) is 8.42 Å². The van der Waals surface area contributed by atoms with Crippen molar-refractivity contribution in [2.45, 2.75) is 26.7 Å². The molecule has 1 aliphatic rings. The van der Waals surface area contributed by atoms with Crippen LogP contribution < -0.4 is 5.32 Å². The molecule has 0 aromatic carbocycles. The Kier molecular flexibility index (Phi) is 5.44. The number of nitrogens with zero attached hydrogens (tertiary/aromatic N) is 1. The second-order valence-corrected chi connectivity index (χ2v) is 6.33. The highest BCUT2D eigenvalue weighted by Crippen LogP contribution is 2.12. The molecule has 16 heavy (non-hydrogen) atoms.